The molecule has 4 rings (SSSR count). The van der Waals surface area contributed by atoms with Crippen LogP contribution in [0.4, 0.5) is 11.4 Å². The number of sulfone groups is 1. The minimum atomic E-state index is -3.45. The van der Waals surface area contributed by atoms with Gasteiger partial charge in [0.1, 0.15) is 0 Å². The lowest BCUT2D eigenvalue weighted by Crippen LogP contribution is -2.36. The molecule has 2 heterocycles. The summed E-state index contributed by atoms with van der Waals surface area (Å²) < 4.78 is 25.0. The molecule has 1 fully saturated rings. The molecule has 28 heavy (non-hydrogen) atoms. The quantitative estimate of drug-likeness (QED) is 0.774. The molecule has 0 aromatic heterocycles. The summed E-state index contributed by atoms with van der Waals surface area (Å²) in [7, 11) is -3.45. The topological polar surface area (TPSA) is 57.7 Å². The first kappa shape index (κ1) is 19.0. The molecule has 2 aromatic rings. The Morgan fingerprint density at radius 2 is 1.68 bits per heavy atom. The number of nitrogens with zero attached hydrogens (tertiary/aromatic N) is 2. The molecule has 0 unspecified atom stereocenters. The predicted molar refractivity (Wildman–Crippen MR) is 112 cm³/mol. The van der Waals surface area contributed by atoms with Crippen molar-refractivity contribution in [3.05, 3.63) is 54.1 Å². The Bertz CT molecular complexity index is 951. The van der Waals surface area contributed by atoms with Crippen LogP contribution in [0.5, 0.6) is 0 Å². The number of amides is 1. The van der Waals surface area contributed by atoms with Crippen LogP contribution in [-0.4, -0.2) is 39.7 Å². The van der Waals surface area contributed by atoms with Crippen LogP contribution >= 0.6 is 0 Å². The number of carbonyl (C=O) groups is 1. The van der Waals surface area contributed by atoms with E-state index in [0.29, 0.717) is 6.54 Å². The molecule has 0 saturated carbocycles. The lowest BCUT2D eigenvalue weighted by atomic mass is 10.0. The Hall–Kier alpha value is -2.34. The molecule has 2 aliphatic heterocycles. The van der Waals surface area contributed by atoms with Crippen LogP contribution in [0.1, 0.15) is 31.2 Å². The number of benzene rings is 2. The predicted octanol–water partition coefficient (Wildman–Crippen LogP) is 3.43. The van der Waals surface area contributed by atoms with Gasteiger partial charge in [-0.1, -0.05) is 24.3 Å². The second-order valence-electron chi connectivity index (χ2n) is 7.54. The molecule has 0 bridgehead atoms. The van der Waals surface area contributed by atoms with Crippen molar-refractivity contribution in [1.29, 1.82) is 0 Å². The smallest absolute Gasteiger partial charge is 0.228 e. The molecular formula is C22H26N2O3S. The number of hydrogen-bond acceptors (Lipinski definition) is 4. The zero-order chi connectivity index (χ0) is 19.6. The molecule has 2 aliphatic rings. The zero-order valence-corrected chi connectivity index (χ0v) is 16.8. The van der Waals surface area contributed by atoms with Crippen LogP contribution in [0.15, 0.2) is 53.4 Å². The standard InChI is InChI=1S/C22H26N2O3S/c25-22(12-16-28(26,27)20-8-2-1-3-9-20)24-15-6-7-18-10-11-19(17-21(18)24)23-13-4-5-14-23/h1-3,8-11,17H,4-7,12-16H2. The van der Waals surface area contributed by atoms with Gasteiger partial charge in [-0.25, -0.2) is 8.42 Å². The van der Waals surface area contributed by atoms with E-state index in [9.17, 15) is 13.2 Å². The maximum Gasteiger partial charge on any atom is 0.228 e. The van der Waals surface area contributed by atoms with E-state index in [1.807, 2.05) is 0 Å². The van der Waals surface area contributed by atoms with Gasteiger partial charge in [-0.15, -0.1) is 0 Å². The number of carbonyl (C=O) groups excluding carboxylic acids is 1. The van der Waals surface area contributed by atoms with E-state index >= 15 is 0 Å². The molecular weight excluding hydrogens is 372 g/mol. The van der Waals surface area contributed by atoms with Crippen molar-refractivity contribution in [2.45, 2.75) is 37.0 Å². The first-order valence-corrected chi connectivity index (χ1v) is 11.7. The first-order chi connectivity index (χ1) is 13.5. The second-order valence-corrected chi connectivity index (χ2v) is 9.65. The maximum atomic E-state index is 12.9. The van der Waals surface area contributed by atoms with Gasteiger partial charge in [-0.2, -0.15) is 0 Å². The summed E-state index contributed by atoms with van der Waals surface area (Å²) in [6.07, 6.45) is 4.29. The molecule has 6 heteroatoms. The Kier molecular flexibility index (Phi) is 5.40. The molecule has 0 spiro atoms. The normalized spacial score (nSPS) is 16.9. The number of hydrogen-bond donors (Lipinski definition) is 0. The highest BCUT2D eigenvalue weighted by Crippen LogP contribution is 2.33. The van der Waals surface area contributed by atoms with Gasteiger partial charge in [0, 0.05) is 37.4 Å². The van der Waals surface area contributed by atoms with Crippen molar-refractivity contribution in [2.24, 2.45) is 0 Å². The minimum absolute atomic E-state index is 0.00457. The maximum absolute atomic E-state index is 12.9. The van der Waals surface area contributed by atoms with Crippen LogP contribution in [0.2, 0.25) is 0 Å². The Morgan fingerprint density at radius 3 is 2.43 bits per heavy atom. The van der Waals surface area contributed by atoms with Gasteiger partial charge in [0.25, 0.3) is 0 Å². The molecule has 0 atom stereocenters. The average Bonchev–Trinajstić information content (AvgIpc) is 3.27. The fourth-order valence-corrected chi connectivity index (χ4v) is 5.35. The van der Waals surface area contributed by atoms with Gasteiger partial charge in [-0.05, 0) is 55.5 Å². The SMILES string of the molecule is O=C(CCS(=O)(=O)c1ccccc1)N1CCCc2ccc(N3CCCC3)cc21. The summed E-state index contributed by atoms with van der Waals surface area (Å²) in [6.45, 7) is 2.77. The summed E-state index contributed by atoms with van der Waals surface area (Å²) >= 11 is 0. The van der Waals surface area contributed by atoms with Crippen molar-refractivity contribution in [1.82, 2.24) is 0 Å². The second kappa shape index (κ2) is 7.95. The van der Waals surface area contributed by atoms with Crippen LogP contribution in [-0.2, 0) is 21.1 Å². The molecule has 148 valence electrons. The van der Waals surface area contributed by atoms with Gasteiger partial charge in [-0.3, -0.25) is 4.79 Å². The van der Waals surface area contributed by atoms with Gasteiger partial charge in [0.2, 0.25) is 5.91 Å². The lowest BCUT2D eigenvalue weighted by Gasteiger charge is -2.31. The summed E-state index contributed by atoms with van der Waals surface area (Å²) in [5.74, 6) is -0.271. The highest BCUT2D eigenvalue weighted by atomic mass is 32.2. The first-order valence-electron chi connectivity index (χ1n) is 10.0. The van der Waals surface area contributed by atoms with Crippen LogP contribution in [0.25, 0.3) is 0 Å². The fourth-order valence-electron chi connectivity index (χ4n) is 4.10. The Labute approximate surface area is 166 Å². The molecule has 0 N–H and O–H groups in total. The average molecular weight is 399 g/mol. The third-order valence-corrected chi connectivity index (χ3v) is 7.38. The molecule has 1 saturated heterocycles. The zero-order valence-electron chi connectivity index (χ0n) is 16.0. The van der Waals surface area contributed by atoms with E-state index in [-0.39, 0.29) is 23.0 Å². The van der Waals surface area contributed by atoms with Crippen LogP contribution < -0.4 is 9.80 Å². The van der Waals surface area contributed by atoms with Crippen molar-refractivity contribution in [2.75, 3.05) is 35.2 Å². The van der Waals surface area contributed by atoms with E-state index in [1.165, 1.54) is 18.4 Å². The number of anilines is 2. The van der Waals surface area contributed by atoms with E-state index in [1.54, 1.807) is 35.2 Å². The van der Waals surface area contributed by atoms with Crippen LogP contribution in [0, 0.1) is 0 Å². The number of aryl methyl sites for hydroxylation is 1. The highest BCUT2D eigenvalue weighted by Gasteiger charge is 2.26. The largest absolute Gasteiger partial charge is 0.371 e. The molecule has 0 aliphatic carbocycles. The minimum Gasteiger partial charge on any atom is -0.371 e. The Morgan fingerprint density at radius 1 is 0.929 bits per heavy atom. The highest BCUT2D eigenvalue weighted by molar-refractivity contribution is 7.91. The van der Waals surface area contributed by atoms with E-state index in [4.69, 9.17) is 0 Å². The van der Waals surface area contributed by atoms with Crippen molar-refractivity contribution >= 4 is 27.1 Å². The Balaban J connectivity index is 1.50. The van der Waals surface area contributed by atoms with Crippen LogP contribution in [0.3, 0.4) is 0 Å². The molecule has 0 radical (unpaired) electrons. The van der Waals surface area contributed by atoms with Gasteiger partial charge < -0.3 is 9.80 Å². The van der Waals surface area contributed by atoms with E-state index in [0.717, 1.165) is 37.3 Å². The fraction of sp³-hybridized carbons (Fsp3) is 0.409. The number of rotatable bonds is 5. The van der Waals surface area contributed by atoms with Crippen molar-refractivity contribution in [3.8, 4) is 0 Å². The van der Waals surface area contributed by atoms with Gasteiger partial charge in [0.05, 0.1) is 10.6 Å². The summed E-state index contributed by atoms with van der Waals surface area (Å²) in [5.41, 5.74) is 3.29. The molecule has 2 aromatic carbocycles. The van der Waals surface area contributed by atoms with E-state index < -0.39 is 9.84 Å². The summed E-state index contributed by atoms with van der Waals surface area (Å²) in [4.78, 5) is 17.3. The molecule has 5 nitrogen and oxygen atoms in total. The van der Waals surface area contributed by atoms with Gasteiger partial charge in [0.15, 0.2) is 9.84 Å². The van der Waals surface area contributed by atoms with Crippen molar-refractivity contribution in [3.63, 3.8) is 0 Å². The van der Waals surface area contributed by atoms with E-state index in [2.05, 4.69) is 23.1 Å². The summed E-state index contributed by atoms with van der Waals surface area (Å²) in [6, 6.07) is 14.7. The molecule has 1 amide bonds. The third-order valence-electron chi connectivity index (χ3n) is 5.65. The third kappa shape index (κ3) is 3.92. The van der Waals surface area contributed by atoms with Crippen molar-refractivity contribution < 1.29 is 13.2 Å². The number of fused-ring (bicyclic) bond motifs is 1. The lowest BCUT2D eigenvalue weighted by molar-refractivity contribution is -0.118. The summed E-state index contributed by atoms with van der Waals surface area (Å²) in [5, 5.41) is 0. The van der Waals surface area contributed by atoms with Gasteiger partial charge >= 0.3 is 0 Å². The monoisotopic (exact) mass is 398 g/mol.